The maximum atomic E-state index is 12.8. The fourth-order valence-electron chi connectivity index (χ4n) is 3.09. The minimum Gasteiger partial charge on any atom is -0.496 e. The second kappa shape index (κ2) is 4.26. The summed E-state index contributed by atoms with van der Waals surface area (Å²) in [4.78, 5) is 12.8. The molecular weight excluding hydrogens is 240 g/mol. The van der Waals surface area contributed by atoms with Crippen LogP contribution >= 0.6 is 0 Å². The molecule has 0 saturated heterocycles. The number of rotatable bonds is 4. The van der Waals surface area contributed by atoms with E-state index in [2.05, 4.69) is 27.7 Å². The highest BCUT2D eigenvalue weighted by molar-refractivity contribution is 6.05. The van der Waals surface area contributed by atoms with Crippen LogP contribution in [0.25, 0.3) is 0 Å². The van der Waals surface area contributed by atoms with Crippen LogP contribution in [0.1, 0.15) is 38.1 Å². The van der Waals surface area contributed by atoms with Crippen LogP contribution in [0, 0.1) is 16.7 Å². The van der Waals surface area contributed by atoms with Crippen molar-refractivity contribution in [1.82, 2.24) is 0 Å². The molecule has 1 fully saturated rings. The van der Waals surface area contributed by atoms with Crippen molar-refractivity contribution in [2.75, 3.05) is 14.2 Å². The van der Waals surface area contributed by atoms with E-state index >= 15 is 0 Å². The average molecular weight is 262 g/mol. The first-order valence-corrected chi connectivity index (χ1v) is 6.54. The van der Waals surface area contributed by atoms with Crippen molar-refractivity contribution in [3.8, 4) is 11.5 Å². The van der Waals surface area contributed by atoms with Crippen molar-refractivity contribution >= 4 is 5.78 Å². The van der Waals surface area contributed by atoms with Gasteiger partial charge in [-0.05, 0) is 23.0 Å². The fourth-order valence-corrected chi connectivity index (χ4v) is 3.09. The highest BCUT2D eigenvalue weighted by Crippen LogP contribution is 2.69. The summed E-state index contributed by atoms with van der Waals surface area (Å²) in [7, 11) is 3.16. The fraction of sp³-hybridized carbons (Fsp3) is 0.562. The van der Waals surface area contributed by atoms with Gasteiger partial charge in [0.1, 0.15) is 17.1 Å². The monoisotopic (exact) mass is 262 g/mol. The van der Waals surface area contributed by atoms with Crippen LogP contribution in [0.2, 0.25) is 0 Å². The molecule has 3 nitrogen and oxygen atoms in total. The van der Waals surface area contributed by atoms with E-state index in [0.717, 1.165) is 0 Å². The number of Topliss-reactive ketones (excluding diaryl/α,β-unsaturated/α-hetero) is 1. The molecule has 0 spiro atoms. The first-order chi connectivity index (χ1) is 8.79. The Bertz CT molecular complexity index is 478. The van der Waals surface area contributed by atoms with Gasteiger partial charge in [-0.1, -0.05) is 33.8 Å². The number of hydrogen-bond donors (Lipinski definition) is 0. The Morgan fingerprint density at radius 2 is 1.42 bits per heavy atom. The molecule has 19 heavy (non-hydrogen) atoms. The molecule has 1 aromatic carbocycles. The van der Waals surface area contributed by atoms with E-state index in [4.69, 9.17) is 9.47 Å². The van der Waals surface area contributed by atoms with Gasteiger partial charge < -0.3 is 9.47 Å². The normalized spacial score (nSPS) is 19.9. The van der Waals surface area contributed by atoms with Crippen LogP contribution < -0.4 is 9.47 Å². The maximum Gasteiger partial charge on any atom is 0.174 e. The van der Waals surface area contributed by atoms with Gasteiger partial charge in [0.15, 0.2) is 5.78 Å². The van der Waals surface area contributed by atoms with E-state index in [1.807, 2.05) is 6.07 Å². The zero-order valence-electron chi connectivity index (χ0n) is 12.5. The summed E-state index contributed by atoms with van der Waals surface area (Å²) in [5, 5.41) is 0. The molecule has 0 aliphatic heterocycles. The highest BCUT2D eigenvalue weighted by atomic mass is 16.5. The van der Waals surface area contributed by atoms with Gasteiger partial charge in [-0.3, -0.25) is 4.79 Å². The summed E-state index contributed by atoms with van der Waals surface area (Å²) >= 11 is 0. The van der Waals surface area contributed by atoms with Gasteiger partial charge in [0, 0.05) is 5.92 Å². The second-order valence-corrected chi connectivity index (χ2v) is 6.28. The van der Waals surface area contributed by atoms with Gasteiger partial charge in [-0.2, -0.15) is 0 Å². The molecule has 1 aromatic rings. The molecule has 0 amide bonds. The number of carbonyl (C=O) groups excluding carboxylic acids is 1. The largest absolute Gasteiger partial charge is 0.496 e. The molecule has 0 aromatic heterocycles. The average Bonchev–Trinajstić information content (AvgIpc) is 2.77. The number of methoxy groups -OCH3 is 2. The standard InChI is InChI=1S/C16H22O3/c1-15(2)14(16(15,3)4)13(17)12-10(18-5)8-7-9-11(12)19-6/h7-9,14H,1-6H3. The number of ketones is 1. The van der Waals surface area contributed by atoms with Crippen LogP contribution in [-0.2, 0) is 0 Å². The van der Waals surface area contributed by atoms with Gasteiger partial charge in [0.25, 0.3) is 0 Å². The van der Waals surface area contributed by atoms with Gasteiger partial charge in [0.2, 0.25) is 0 Å². The van der Waals surface area contributed by atoms with Crippen LogP contribution in [0.3, 0.4) is 0 Å². The van der Waals surface area contributed by atoms with Crippen molar-refractivity contribution in [2.24, 2.45) is 16.7 Å². The van der Waals surface area contributed by atoms with Crippen LogP contribution in [-0.4, -0.2) is 20.0 Å². The summed E-state index contributed by atoms with van der Waals surface area (Å²) < 4.78 is 10.6. The molecule has 2 rings (SSSR count). The lowest BCUT2D eigenvalue weighted by molar-refractivity contribution is 0.0939. The molecule has 3 heteroatoms. The summed E-state index contributed by atoms with van der Waals surface area (Å²) in [6.45, 7) is 8.55. The number of benzene rings is 1. The highest BCUT2D eigenvalue weighted by Gasteiger charge is 2.68. The third kappa shape index (κ3) is 1.83. The SMILES string of the molecule is COc1cccc(OC)c1C(=O)C1C(C)(C)C1(C)C. The van der Waals surface area contributed by atoms with Crippen molar-refractivity contribution in [2.45, 2.75) is 27.7 Å². The van der Waals surface area contributed by atoms with E-state index in [0.29, 0.717) is 17.1 Å². The van der Waals surface area contributed by atoms with Crippen molar-refractivity contribution in [3.63, 3.8) is 0 Å². The van der Waals surface area contributed by atoms with E-state index in [9.17, 15) is 4.79 Å². The third-order valence-corrected chi connectivity index (χ3v) is 4.96. The van der Waals surface area contributed by atoms with Crippen molar-refractivity contribution in [1.29, 1.82) is 0 Å². The van der Waals surface area contributed by atoms with Crippen molar-refractivity contribution < 1.29 is 14.3 Å². The topological polar surface area (TPSA) is 35.5 Å². The van der Waals surface area contributed by atoms with E-state index < -0.39 is 0 Å². The Hall–Kier alpha value is -1.51. The Kier molecular flexibility index (Phi) is 3.12. The second-order valence-electron chi connectivity index (χ2n) is 6.28. The van der Waals surface area contributed by atoms with E-state index in [-0.39, 0.29) is 22.5 Å². The quantitative estimate of drug-likeness (QED) is 0.778. The molecule has 1 aliphatic carbocycles. The predicted octanol–water partition coefficient (Wildman–Crippen LogP) is 3.57. The lowest BCUT2D eigenvalue weighted by Gasteiger charge is -2.12. The lowest BCUT2D eigenvalue weighted by Crippen LogP contribution is -2.11. The van der Waals surface area contributed by atoms with Gasteiger partial charge >= 0.3 is 0 Å². The van der Waals surface area contributed by atoms with Crippen LogP contribution in [0.15, 0.2) is 18.2 Å². The molecule has 104 valence electrons. The maximum absolute atomic E-state index is 12.8. The van der Waals surface area contributed by atoms with Crippen LogP contribution in [0.4, 0.5) is 0 Å². The molecule has 0 heterocycles. The van der Waals surface area contributed by atoms with E-state index in [1.165, 1.54) is 0 Å². The first-order valence-electron chi connectivity index (χ1n) is 6.54. The predicted molar refractivity (Wildman–Crippen MR) is 74.9 cm³/mol. The molecule has 0 unspecified atom stereocenters. The Labute approximate surface area is 114 Å². The zero-order valence-corrected chi connectivity index (χ0v) is 12.5. The third-order valence-electron chi connectivity index (χ3n) is 4.96. The zero-order chi connectivity index (χ0) is 14.4. The summed E-state index contributed by atoms with van der Waals surface area (Å²) in [6.07, 6.45) is 0. The summed E-state index contributed by atoms with van der Waals surface area (Å²) in [5.41, 5.74) is 0.586. The van der Waals surface area contributed by atoms with Crippen molar-refractivity contribution in [3.05, 3.63) is 23.8 Å². The van der Waals surface area contributed by atoms with Crippen LogP contribution in [0.5, 0.6) is 11.5 Å². The number of hydrogen-bond acceptors (Lipinski definition) is 3. The van der Waals surface area contributed by atoms with Gasteiger partial charge in [-0.25, -0.2) is 0 Å². The number of carbonyl (C=O) groups is 1. The Morgan fingerprint density at radius 3 is 1.74 bits per heavy atom. The molecule has 1 aliphatic rings. The molecule has 1 saturated carbocycles. The Balaban J connectivity index is 2.46. The number of ether oxygens (including phenoxy) is 2. The molecule has 0 atom stereocenters. The summed E-state index contributed by atoms with van der Waals surface area (Å²) in [6, 6.07) is 5.44. The molecule has 0 bridgehead atoms. The minimum atomic E-state index is 0.00481. The lowest BCUT2D eigenvalue weighted by atomic mass is 9.99. The minimum absolute atomic E-state index is 0.00481. The smallest absolute Gasteiger partial charge is 0.174 e. The Morgan fingerprint density at radius 1 is 1.00 bits per heavy atom. The first kappa shape index (κ1) is 13.9. The summed E-state index contributed by atoms with van der Waals surface area (Å²) in [5.74, 6) is 1.29. The van der Waals surface area contributed by atoms with Gasteiger partial charge in [-0.15, -0.1) is 0 Å². The molecule has 0 radical (unpaired) electrons. The molecule has 0 N–H and O–H groups in total. The van der Waals surface area contributed by atoms with Gasteiger partial charge in [0.05, 0.1) is 14.2 Å². The van der Waals surface area contributed by atoms with E-state index in [1.54, 1.807) is 26.4 Å². The molecular formula is C16H22O3.